The van der Waals surface area contributed by atoms with Crippen LogP contribution in [0.15, 0.2) is 6.20 Å². The number of rotatable bonds is 8. The summed E-state index contributed by atoms with van der Waals surface area (Å²) in [5, 5.41) is 11.8. The summed E-state index contributed by atoms with van der Waals surface area (Å²) in [7, 11) is 0. The lowest BCUT2D eigenvalue weighted by atomic mass is 10.2. The van der Waals surface area contributed by atoms with Gasteiger partial charge in [0.1, 0.15) is 0 Å². The highest BCUT2D eigenvalue weighted by Crippen LogP contribution is 2.07. The van der Waals surface area contributed by atoms with Crippen molar-refractivity contribution in [2.75, 3.05) is 26.2 Å². The normalized spacial score (nSPS) is 16.6. The molecule has 1 saturated heterocycles. The Labute approximate surface area is 116 Å². The largest absolute Gasteiger partial charge is 0.311 e. The Hall–Kier alpha value is -0.940. The number of hydrogen-bond donors (Lipinski definition) is 1. The van der Waals surface area contributed by atoms with Crippen molar-refractivity contribution in [1.82, 2.24) is 25.2 Å². The van der Waals surface area contributed by atoms with Crippen molar-refractivity contribution < 1.29 is 0 Å². The summed E-state index contributed by atoms with van der Waals surface area (Å²) in [4.78, 5) is 2.54. The fourth-order valence-electron chi connectivity index (χ4n) is 2.48. The molecular formula is C14H27N5. The Balaban J connectivity index is 1.62. The molecule has 0 bridgehead atoms. The summed E-state index contributed by atoms with van der Waals surface area (Å²) < 4.78 is 1.97. The average molecular weight is 265 g/mol. The van der Waals surface area contributed by atoms with E-state index in [2.05, 4.69) is 40.6 Å². The first-order chi connectivity index (χ1) is 9.24. The molecule has 0 saturated carbocycles. The Kier molecular flexibility index (Phi) is 5.79. The molecule has 0 radical (unpaired) electrons. The van der Waals surface area contributed by atoms with Crippen molar-refractivity contribution >= 4 is 0 Å². The highest BCUT2D eigenvalue weighted by molar-refractivity contribution is 4.91. The topological polar surface area (TPSA) is 46.0 Å². The molecule has 5 heteroatoms. The van der Waals surface area contributed by atoms with Gasteiger partial charge in [0.25, 0.3) is 0 Å². The lowest BCUT2D eigenvalue weighted by Gasteiger charge is -2.13. The minimum atomic E-state index is 0.676. The van der Waals surface area contributed by atoms with E-state index in [1.54, 1.807) is 0 Å². The van der Waals surface area contributed by atoms with E-state index >= 15 is 0 Å². The van der Waals surface area contributed by atoms with E-state index in [-0.39, 0.29) is 0 Å². The van der Waals surface area contributed by atoms with Crippen LogP contribution >= 0.6 is 0 Å². The van der Waals surface area contributed by atoms with E-state index in [0.29, 0.717) is 5.92 Å². The quantitative estimate of drug-likeness (QED) is 0.774. The van der Waals surface area contributed by atoms with Gasteiger partial charge in [0, 0.05) is 19.3 Å². The van der Waals surface area contributed by atoms with Gasteiger partial charge < -0.3 is 10.2 Å². The maximum atomic E-state index is 4.20. The standard InChI is InChI=1S/C14H27N5/c1-13(2)10-15-11-14-12-19(17-16-14)9-5-8-18-6-3-4-7-18/h12-13,15H,3-11H2,1-2H3. The van der Waals surface area contributed by atoms with E-state index in [4.69, 9.17) is 0 Å². The molecule has 1 aliphatic heterocycles. The minimum absolute atomic E-state index is 0.676. The van der Waals surface area contributed by atoms with E-state index in [1.165, 1.54) is 38.9 Å². The predicted octanol–water partition coefficient (Wildman–Crippen LogP) is 1.51. The predicted molar refractivity (Wildman–Crippen MR) is 76.9 cm³/mol. The van der Waals surface area contributed by atoms with Gasteiger partial charge in [-0.1, -0.05) is 19.1 Å². The van der Waals surface area contributed by atoms with Gasteiger partial charge in [0.2, 0.25) is 0 Å². The molecule has 1 aliphatic rings. The van der Waals surface area contributed by atoms with Crippen LogP contribution in [0.3, 0.4) is 0 Å². The van der Waals surface area contributed by atoms with Crippen molar-refractivity contribution in [3.05, 3.63) is 11.9 Å². The van der Waals surface area contributed by atoms with Crippen molar-refractivity contribution in [1.29, 1.82) is 0 Å². The van der Waals surface area contributed by atoms with E-state index in [9.17, 15) is 0 Å². The summed E-state index contributed by atoms with van der Waals surface area (Å²) >= 11 is 0. The molecule has 108 valence electrons. The lowest BCUT2D eigenvalue weighted by Crippen LogP contribution is -2.21. The highest BCUT2D eigenvalue weighted by Gasteiger charge is 2.10. The van der Waals surface area contributed by atoms with E-state index < -0.39 is 0 Å². The molecule has 19 heavy (non-hydrogen) atoms. The van der Waals surface area contributed by atoms with Crippen LogP contribution < -0.4 is 5.32 Å². The molecule has 0 amide bonds. The molecule has 0 unspecified atom stereocenters. The SMILES string of the molecule is CC(C)CNCc1cn(CCCN2CCCC2)nn1. The fourth-order valence-corrected chi connectivity index (χ4v) is 2.48. The third-order valence-electron chi connectivity index (χ3n) is 3.51. The Morgan fingerprint density at radius 2 is 2.05 bits per heavy atom. The summed E-state index contributed by atoms with van der Waals surface area (Å²) in [5.74, 6) is 0.676. The van der Waals surface area contributed by atoms with Gasteiger partial charge in [-0.15, -0.1) is 5.10 Å². The Morgan fingerprint density at radius 3 is 2.79 bits per heavy atom. The van der Waals surface area contributed by atoms with Crippen LogP contribution in [0.2, 0.25) is 0 Å². The van der Waals surface area contributed by atoms with Crippen LogP contribution in [-0.4, -0.2) is 46.1 Å². The first-order valence-electron chi connectivity index (χ1n) is 7.56. The summed E-state index contributed by atoms with van der Waals surface area (Å²) in [5.41, 5.74) is 1.04. The highest BCUT2D eigenvalue weighted by atomic mass is 15.4. The van der Waals surface area contributed by atoms with Gasteiger partial charge >= 0.3 is 0 Å². The molecule has 0 spiro atoms. The third-order valence-corrected chi connectivity index (χ3v) is 3.51. The first-order valence-corrected chi connectivity index (χ1v) is 7.56. The van der Waals surface area contributed by atoms with Gasteiger partial charge in [0.15, 0.2) is 0 Å². The maximum Gasteiger partial charge on any atom is 0.0964 e. The van der Waals surface area contributed by atoms with Crippen molar-refractivity contribution in [3.8, 4) is 0 Å². The zero-order chi connectivity index (χ0) is 13.5. The number of likely N-dealkylation sites (tertiary alicyclic amines) is 1. The summed E-state index contributed by atoms with van der Waals surface area (Å²) in [6, 6.07) is 0. The summed E-state index contributed by atoms with van der Waals surface area (Å²) in [6.45, 7) is 11.0. The van der Waals surface area contributed by atoms with Crippen LogP contribution in [0, 0.1) is 5.92 Å². The number of hydrogen-bond acceptors (Lipinski definition) is 4. The van der Waals surface area contributed by atoms with Crippen molar-refractivity contribution in [2.24, 2.45) is 5.92 Å². The minimum Gasteiger partial charge on any atom is -0.311 e. The van der Waals surface area contributed by atoms with Crippen molar-refractivity contribution in [2.45, 2.75) is 46.2 Å². The van der Waals surface area contributed by atoms with Crippen molar-refractivity contribution in [3.63, 3.8) is 0 Å². The molecule has 1 aromatic heterocycles. The second-order valence-corrected chi connectivity index (χ2v) is 5.90. The molecule has 5 nitrogen and oxygen atoms in total. The second-order valence-electron chi connectivity index (χ2n) is 5.90. The molecule has 1 fully saturated rings. The zero-order valence-corrected chi connectivity index (χ0v) is 12.3. The molecule has 0 atom stereocenters. The molecule has 2 rings (SSSR count). The molecule has 0 aliphatic carbocycles. The fraction of sp³-hybridized carbons (Fsp3) is 0.857. The number of nitrogens with one attached hydrogen (secondary N) is 1. The van der Waals surface area contributed by atoms with Crippen LogP contribution in [0.1, 0.15) is 38.8 Å². The number of aromatic nitrogens is 3. The van der Waals surface area contributed by atoms with Crippen LogP contribution in [0.5, 0.6) is 0 Å². The monoisotopic (exact) mass is 265 g/mol. The molecule has 0 aromatic carbocycles. The van der Waals surface area contributed by atoms with E-state index in [0.717, 1.165) is 25.3 Å². The maximum absolute atomic E-state index is 4.20. The van der Waals surface area contributed by atoms with Gasteiger partial charge in [-0.3, -0.25) is 4.68 Å². The summed E-state index contributed by atoms with van der Waals surface area (Å²) in [6.07, 6.45) is 5.98. The molecule has 2 heterocycles. The number of aryl methyl sites for hydroxylation is 1. The zero-order valence-electron chi connectivity index (χ0n) is 12.3. The molecular weight excluding hydrogens is 238 g/mol. The van der Waals surface area contributed by atoms with Gasteiger partial charge in [-0.05, 0) is 51.4 Å². The van der Waals surface area contributed by atoms with Gasteiger partial charge in [0.05, 0.1) is 5.69 Å². The Morgan fingerprint density at radius 1 is 1.26 bits per heavy atom. The van der Waals surface area contributed by atoms with Crippen LogP contribution in [0.4, 0.5) is 0 Å². The van der Waals surface area contributed by atoms with E-state index in [1.807, 2.05) is 4.68 Å². The molecule has 1 N–H and O–H groups in total. The van der Waals surface area contributed by atoms with Gasteiger partial charge in [-0.25, -0.2) is 0 Å². The van der Waals surface area contributed by atoms with Crippen LogP contribution in [0.25, 0.3) is 0 Å². The van der Waals surface area contributed by atoms with Gasteiger partial charge in [-0.2, -0.15) is 0 Å². The third kappa shape index (κ3) is 5.28. The average Bonchev–Trinajstić information content (AvgIpc) is 3.00. The number of nitrogens with zero attached hydrogens (tertiary/aromatic N) is 4. The lowest BCUT2D eigenvalue weighted by molar-refractivity contribution is 0.321. The molecule has 1 aromatic rings. The smallest absolute Gasteiger partial charge is 0.0964 e. The first kappa shape index (κ1) is 14.5. The van der Waals surface area contributed by atoms with Crippen LogP contribution in [-0.2, 0) is 13.1 Å². The second kappa shape index (κ2) is 7.60. The Bertz CT molecular complexity index is 354.